The molecule has 1 fully saturated rings. The van der Waals surface area contributed by atoms with E-state index in [-0.39, 0.29) is 11.8 Å². The number of halogens is 1. The van der Waals surface area contributed by atoms with Crippen molar-refractivity contribution in [2.24, 2.45) is 11.8 Å². The van der Waals surface area contributed by atoms with Crippen LogP contribution < -0.4 is 0 Å². The first kappa shape index (κ1) is 17.0. The number of nitrogens with zero attached hydrogens (tertiary/aromatic N) is 3. The summed E-state index contributed by atoms with van der Waals surface area (Å²) < 4.78 is 2.08. The highest BCUT2D eigenvalue weighted by atomic mass is 35.5. The molecule has 0 N–H and O–H groups in total. The van der Waals surface area contributed by atoms with Gasteiger partial charge in [-0.05, 0) is 30.4 Å². The van der Waals surface area contributed by atoms with Gasteiger partial charge in [-0.25, -0.2) is 4.98 Å². The number of hydrogen-bond acceptors (Lipinski definition) is 2. The Morgan fingerprint density at radius 3 is 2.79 bits per heavy atom. The fraction of sp³-hybridized carbons (Fsp3) is 0.474. The fourth-order valence-electron chi connectivity index (χ4n) is 2.83. The Labute approximate surface area is 148 Å². The molecule has 0 atom stereocenters. The molecule has 0 spiro atoms. The van der Waals surface area contributed by atoms with E-state index in [9.17, 15) is 4.79 Å². The van der Waals surface area contributed by atoms with Crippen molar-refractivity contribution < 1.29 is 4.79 Å². The summed E-state index contributed by atoms with van der Waals surface area (Å²) in [5, 5.41) is 0.755. The van der Waals surface area contributed by atoms with Crippen LogP contribution in [-0.2, 0) is 17.9 Å². The Morgan fingerprint density at radius 1 is 1.38 bits per heavy atom. The molecule has 1 amide bonds. The predicted molar refractivity (Wildman–Crippen MR) is 95.8 cm³/mol. The van der Waals surface area contributed by atoms with E-state index in [1.165, 1.54) is 12.8 Å². The molecule has 1 aromatic heterocycles. The second-order valence-corrected chi connectivity index (χ2v) is 7.29. The van der Waals surface area contributed by atoms with Gasteiger partial charge < -0.3 is 9.47 Å². The molecule has 0 aliphatic heterocycles. The molecular weight excluding hydrogens is 322 g/mol. The first-order chi connectivity index (χ1) is 11.5. The van der Waals surface area contributed by atoms with Crippen LogP contribution in [0.2, 0.25) is 5.02 Å². The van der Waals surface area contributed by atoms with Crippen molar-refractivity contribution in [2.45, 2.75) is 39.8 Å². The van der Waals surface area contributed by atoms with Gasteiger partial charge in [0.05, 0.1) is 13.1 Å². The van der Waals surface area contributed by atoms with Crippen LogP contribution in [0.5, 0.6) is 0 Å². The topological polar surface area (TPSA) is 38.1 Å². The lowest BCUT2D eigenvalue weighted by Crippen LogP contribution is -2.36. The lowest BCUT2D eigenvalue weighted by atomic mass is 10.1. The SMILES string of the molecule is CC(C)C(=O)N(Cc1nccn1Cc1ccccc1Cl)CC1CC1. The molecule has 4 nitrogen and oxygen atoms in total. The van der Waals surface area contributed by atoms with Crippen LogP contribution in [0, 0.1) is 11.8 Å². The standard InChI is InChI=1S/C19H24ClN3O/c1-14(2)19(24)23(11-15-7-8-15)13-18-21-9-10-22(18)12-16-5-3-4-6-17(16)20/h3-6,9-10,14-15H,7-8,11-13H2,1-2H3. The number of rotatable bonds is 7. The van der Waals surface area contributed by atoms with Crippen molar-refractivity contribution in [3.63, 3.8) is 0 Å². The fourth-order valence-corrected chi connectivity index (χ4v) is 3.02. The van der Waals surface area contributed by atoms with Gasteiger partial charge in [-0.3, -0.25) is 4.79 Å². The Morgan fingerprint density at radius 2 is 2.12 bits per heavy atom. The van der Waals surface area contributed by atoms with E-state index in [0.717, 1.165) is 23.0 Å². The monoisotopic (exact) mass is 345 g/mol. The van der Waals surface area contributed by atoms with Gasteiger partial charge in [0.2, 0.25) is 5.91 Å². The Kier molecular flexibility index (Phi) is 5.24. The van der Waals surface area contributed by atoms with E-state index in [1.807, 2.05) is 49.2 Å². The van der Waals surface area contributed by atoms with Crippen molar-refractivity contribution in [1.82, 2.24) is 14.5 Å². The second-order valence-electron chi connectivity index (χ2n) is 6.88. The van der Waals surface area contributed by atoms with Crippen LogP contribution in [0.15, 0.2) is 36.7 Å². The molecule has 0 bridgehead atoms. The van der Waals surface area contributed by atoms with E-state index in [4.69, 9.17) is 11.6 Å². The molecule has 128 valence electrons. The maximum Gasteiger partial charge on any atom is 0.225 e. The largest absolute Gasteiger partial charge is 0.335 e. The normalized spacial score (nSPS) is 14.2. The van der Waals surface area contributed by atoms with Crippen LogP contribution in [0.3, 0.4) is 0 Å². The number of aromatic nitrogens is 2. The van der Waals surface area contributed by atoms with Crippen LogP contribution in [0.1, 0.15) is 38.1 Å². The molecule has 1 aliphatic carbocycles. The number of carbonyl (C=O) groups is 1. The summed E-state index contributed by atoms with van der Waals surface area (Å²) in [5.74, 6) is 1.79. The quantitative estimate of drug-likeness (QED) is 0.761. The second kappa shape index (κ2) is 7.39. The van der Waals surface area contributed by atoms with Crippen molar-refractivity contribution in [3.05, 3.63) is 53.1 Å². The average molecular weight is 346 g/mol. The van der Waals surface area contributed by atoms with Crippen LogP contribution in [0.4, 0.5) is 0 Å². The molecule has 3 rings (SSSR count). The van der Waals surface area contributed by atoms with E-state index in [2.05, 4.69) is 9.55 Å². The Balaban J connectivity index is 1.75. The maximum atomic E-state index is 12.5. The molecule has 0 radical (unpaired) electrons. The minimum Gasteiger partial charge on any atom is -0.335 e. The lowest BCUT2D eigenvalue weighted by Gasteiger charge is -2.24. The van der Waals surface area contributed by atoms with Gasteiger partial charge in [0.25, 0.3) is 0 Å². The number of amides is 1. The molecule has 0 saturated heterocycles. The third-order valence-electron chi connectivity index (χ3n) is 4.41. The summed E-state index contributed by atoms with van der Waals surface area (Å²) in [6.45, 7) is 5.99. The molecule has 1 aliphatic rings. The van der Waals surface area contributed by atoms with Gasteiger partial charge in [0.1, 0.15) is 5.82 Å². The third-order valence-corrected chi connectivity index (χ3v) is 4.78. The molecule has 24 heavy (non-hydrogen) atoms. The third kappa shape index (κ3) is 4.18. The summed E-state index contributed by atoms with van der Waals surface area (Å²) in [4.78, 5) is 19.0. The zero-order chi connectivity index (χ0) is 17.1. The number of hydrogen-bond donors (Lipinski definition) is 0. The average Bonchev–Trinajstić information content (AvgIpc) is 3.27. The zero-order valence-corrected chi connectivity index (χ0v) is 15.0. The summed E-state index contributed by atoms with van der Waals surface area (Å²) in [7, 11) is 0. The molecule has 2 aromatic rings. The Hall–Kier alpha value is -1.81. The van der Waals surface area contributed by atoms with Crippen LogP contribution in [0.25, 0.3) is 0 Å². The Bertz CT molecular complexity index is 706. The highest BCUT2D eigenvalue weighted by Crippen LogP contribution is 2.30. The van der Waals surface area contributed by atoms with E-state index in [1.54, 1.807) is 6.20 Å². The first-order valence-electron chi connectivity index (χ1n) is 8.56. The van der Waals surface area contributed by atoms with E-state index < -0.39 is 0 Å². The zero-order valence-electron chi connectivity index (χ0n) is 14.3. The lowest BCUT2D eigenvalue weighted by molar-refractivity contribution is -0.135. The van der Waals surface area contributed by atoms with Gasteiger partial charge in [0, 0.05) is 29.9 Å². The van der Waals surface area contributed by atoms with Crippen molar-refractivity contribution in [3.8, 4) is 0 Å². The van der Waals surface area contributed by atoms with Crippen LogP contribution in [-0.4, -0.2) is 26.9 Å². The summed E-state index contributed by atoms with van der Waals surface area (Å²) in [6.07, 6.45) is 6.21. The summed E-state index contributed by atoms with van der Waals surface area (Å²) in [6, 6.07) is 7.83. The number of imidazole rings is 1. The maximum absolute atomic E-state index is 12.5. The predicted octanol–water partition coefficient (Wildman–Crippen LogP) is 3.98. The van der Waals surface area contributed by atoms with Crippen molar-refractivity contribution >= 4 is 17.5 Å². The molecule has 0 unspecified atom stereocenters. The summed E-state index contributed by atoms with van der Waals surface area (Å²) in [5.41, 5.74) is 1.06. The molecule has 1 aromatic carbocycles. The smallest absolute Gasteiger partial charge is 0.225 e. The van der Waals surface area contributed by atoms with E-state index >= 15 is 0 Å². The van der Waals surface area contributed by atoms with Crippen molar-refractivity contribution in [1.29, 1.82) is 0 Å². The molecule has 1 saturated carbocycles. The van der Waals surface area contributed by atoms with Gasteiger partial charge in [-0.15, -0.1) is 0 Å². The van der Waals surface area contributed by atoms with Crippen molar-refractivity contribution in [2.75, 3.05) is 6.54 Å². The van der Waals surface area contributed by atoms with Gasteiger partial charge in [0.15, 0.2) is 0 Å². The van der Waals surface area contributed by atoms with E-state index in [0.29, 0.717) is 19.0 Å². The number of carbonyl (C=O) groups excluding carboxylic acids is 1. The summed E-state index contributed by atoms with van der Waals surface area (Å²) >= 11 is 6.27. The first-order valence-corrected chi connectivity index (χ1v) is 8.94. The highest BCUT2D eigenvalue weighted by Gasteiger charge is 2.28. The molecule has 1 heterocycles. The van der Waals surface area contributed by atoms with Gasteiger partial charge in [-0.1, -0.05) is 43.6 Å². The molecule has 5 heteroatoms. The minimum absolute atomic E-state index is 0.00994. The minimum atomic E-state index is 0.00994. The van der Waals surface area contributed by atoms with Gasteiger partial charge >= 0.3 is 0 Å². The number of benzene rings is 1. The highest BCUT2D eigenvalue weighted by molar-refractivity contribution is 6.31. The van der Waals surface area contributed by atoms with Crippen LogP contribution >= 0.6 is 11.6 Å². The van der Waals surface area contributed by atoms with Gasteiger partial charge in [-0.2, -0.15) is 0 Å². The molecular formula is C19H24ClN3O.